The van der Waals surface area contributed by atoms with Gasteiger partial charge in [0.15, 0.2) is 0 Å². The van der Waals surface area contributed by atoms with E-state index in [1.165, 1.54) is 0 Å². The van der Waals surface area contributed by atoms with Gasteiger partial charge < -0.3 is 14.5 Å². The molecule has 0 spiro atoms. The molecular formula is C13H13BrClNO2. The predicted molar refractivity (Wildman–Crippen MR) is 75.1 cm³/mol. The minimum Gasteiger partial charge on any atom is -0.491 e. The molecule has 96 valence electrons. The lowest BCUT2D eigenvalue weighted by Gasteiger charge is -2.08. The van der Waals surface area contributed by atoms with Crippen LogP contribution in [0.4, 0.5) is 0 Å². The summed E-state index contributed by atoms with van der Waals surface area (Å²) in [5.41, 5.74) is 1.13. The summed E-state index contributed by atoms with van der Waals surface area (Å²) < 4.78 is 11.5. The maximum absolute atomic E-state index is 5.85. The van der Waals surface area contributed by atoms with Gasteiger partial charge in [-0.15, -0.1) is 0 Å². The van der Waals surface area contributed by atoms with Gasteiger partial charge in [0.2, 0.25) is 0 Å². The van der Waals surface area contributed by atoms with E-state index in [4.69, 9.17) is 20.8 Å². The second-order valence-corrected chi connectivity index (χ2v) is 5.02. The molecule has 0 fully saturated rings. The molecule has 5 heteroatoms. The summed E-state index contributed by atoms with van der Waals surface area (Å²) in [4.78, 5) is 0. The van der Waals surface area contributed by atoms with Crippen LogP contribution in [0.1, 0.15) is 5.56 Å². The van der Waals surface area contributed by atoms with Crippen LogP contribution in [0.25, 0.3) is 0 Å². The first-order valence-electron chi connectivity index (χ1n) is 5.55. The number of hydrogen-bond donors (Lipinski definition) is 1. The fraction of sp³-hybridized carbons (Fsp3) is 0.231. The van der Waals surface area contributed by atoms with Crippen LogP contribution < -0.4 is 10.1 Å². The predicted octanol–water partition coefficient (Wildman–Crippen LogP) is 3.86. The highest BCUT2D eigenvalue weighted by Crippen LogP contribution is 2.27. The monoisotopic (exact) mass is 329 g/mol. The Morgan fingerprint density at radius 3 is 2.94 bits per heavy atom. The van der Waals surface area contributed by atoms with Crippen molar-refractivity contribution < 1.29 is 9.15 Å². The third-order valence-corrected chi connectivity index (χ3v) is 3.19. The van der Waals surface area contributed by atoms with Crippen LogP contribution in [0.15, 0.2) is 45.7 Å². The molecule has 0 unspecified atom stereocenters. The summed E-state index contributed by atoms with van der Waals surface area (Å²) in [5, 5.41) is 3.95. The molecule has 3 nitrogen and oxygen atoms in total. The van der Waals surface area contributed by atoms with Crippen LogP contribution in [-0.2, 0) is 6.54 Å². The second-order valence-electron chi connectivity index (χ2n) is 3.73. The molecule has 0 bridgehead atoms. The van der Waals surface area contributed by atoms with Crippen molar-refractivity contribution in [3.63, 3.8) is 0 Å². The highest BCUT2D eigenvalue weighted by Gasteiger charge is 2.01. The Hall–Kier alpha value is -0.970. The fourth-order valence-electron chi connectivity index (χ4n) is 1.45. The standard InChI is InChI=1S/C13H13BrClNO2/c14-12-7-11(15)1-2-13(12)18-6-4-16-8-10-3-5-17-9-10/h1-3,5,7,9,16H,4,6,8H2. The molecule has 0 aliphatic carbocycles. The first kappa shape index (κ1) is 13.5. The highest BCUT2D eigenvalue weighted by molar-refractivity contribution is 9.10. The number of ether oxygens (including phenoxy) is 1. The summed E-state index contributed by atoms with van der Waals surface area (Å²) in [6, 6.07) is 7.41. The molecule has 0 amide bonds. The largest absolute Gasteiger partial charge is 0.491 e. The molecule has 18 heavy (non-hydrogen) atoms. The van der Waals surface area contributed by atoms with Gasteiger partial charge in [-0.05, 0) is 40.2 Å². The van der Waals surface area contributed by atoms with Crippen molar-refractivity contribution in [2.24, 2.45) is 0 Å². The van der Waals surface area contributed by atoms with Crippen LogP contribution >= 0.6 is 27.5 Å². The Morgan fingerprint density at radius 2 is 2.22 bits per heavy atom. The van der Waals surface area contributed by atoms with Crippen LogP contribution in [-0.4, -0.2) is 13.2 Å². The molecule has 0 saturated heterocycles. The molecule has 1 aromatic carbocycles. The maximum atomic E-state index is 5.85. The van der Waals surface area contributed by atoms with Gasteiger partial charge in [0.05, 0.1) is 17.0 Å². The Morgan fingerprint density at radius 1 is 1.33 bits per heavy atom. The smallest absolute Gasteiger partial charge is 0.133 e. The van der Waals surface area contributed by atoms with Crippen molar-refractivity contribution in [1.29, 1.82) is 0 Å². The van der Waals surface area contributed by atoms with Gasteiger partial charge in [0.1, 0.15) is 12.4 Å². The number of rotatable bonds is 6. The van der Waals surface area contributed by atoms with Gasteiger partial charge in [-0.3, -0.25) is 0 Å². The molecule has 1 N–H and O–H groups in total. The zero-order chi connectivity index (χ0) is 12.8. The first-order chi connectivity index (χ1) is 8.75. The van der Waals surface area contributed by atoms with Crippen molar-refractivity contribution in [2.45, 2.75) is 6.54 Å². The maximum Gasteiger partial charge on any atom is 0.133 e. The third kappa shape index (κ3) is 4.05. The Bertz CT molecular complexity index is 488. The van der Waals surface area contributed by atoms with Crippen LogP contribution in [0, 0.1) is 0 Å². The minimum absolute atomic E-state index is 0.595. The van der Waals surface area contributed by atoms with Crippen LogP contribution in [0.5, 0.6) is 5.75 Å². The van der Waals surface area contributed by atoms with Crippen molar-refractivity contribution in [1.82, 2.24) is 5.32 Å². The van der Waals surface area contributed by atoms with Gasteiger partial charge in [-0.1, -0.05) is 11.6 Å². The second kappa shape index (κ2) is 6.83. The van der Waals surface area contributed by atoms with E-state index in [9.17, 15) is 0 Å². The van der Waals surface area contributed by atoms with E-state index >= 15 is 0 Å². The Labute approximate surface area is 119 Å². The van der Waals surface area contributed by atoms with E-state index in [0.29, 0.717) is 11.6 Å². The molecule has 0 aliphatic rings. The van der Waals surface area contributed by atoms with E-state index in [0.717, 1.165) is 28.9 Å². The number of nitrogens with one attached hydrogen (secondary N) is 1. The number of furan rings is 1. The van der Waals surface area contributed by atoms with Crippen molar-refractivity contribution in [2.75, 3.05) is 13.2 Å². The molecular weight excluding hydrogens is 318 g/mol. The molecule has 2 rings (SSSR count). The van der Waals surface area contributed by atoms with E-state index in [1.54, 1.807) is 18.6 Å². The van der Waals surface area contributed by atoms with Gasteiger partial charge in [-0.25, -0.2) is 0 Å². The normalized spacial score (nSPS) is 10.6. The molecule has 0 radical (unpaired) electrons. The van der Waals surface area contributed by atoms with E-state index in [-0.39, 0.29) is 0 Å². The van der Waals surface area contributed by atoms with E-state index in [1.807, 2.05) is 18.2 Å². The van der Waals surface area contributed by atoms with Crippen molar-refractivity contribution in [3.05, 3.63) is 51.9 Å². The third-order valence-electron chi connectivity index (χ3n) is 2.34. The lowest BCUT2D eigenvalue weighted by Crippen LogP contribution is -2.20. The Balaban J connectivity index is 1.69. The van der Waals surface area contributed by atoms with Gasteiger partial charge in [0.25, 0.3) is 0 Å². The molecule has 1 aromatic heterocycles. The van der Waals surface area contributed by atoms with E-state index in [2.05, 4.69) is 21.2 Å². The number of benzene rings is 1. The molecule has 0 atom stereocenters. The molecule has 0 saturated carbocycles. The molecule has 0 aliphatic heterocycles. The highest BCUT2D eigenvalue weighted by atomic mass is 79.9. The first-order valence-corrected chi connectivity index (χ1v) is 6.72. The van der Waals surface area contributed by atoms with Crippen molar-refractivity contribution >= 4 is 27.5 Å². The quantitative estimate of drug-likeness (QED) is 0.817. The SMILES string of the molecule is Clc1ccc(OCCNCc2ccoc2)c(Br)c1. The average Bonchev–Trinajstić information content (AvgIpc) is 2.84. The molecule has 2 aromatic rings. The van der Waals surface area contributed by atoms with Gasteiger partial charge in [-0.2, -0.15) is 0 Å². The van der Waals surface area contributed by atoms with Gasteiger partial charge in [0, 0.05) is 23.7 Å². The van der Waals surface area contributed by atoms with Crippen molar-refractivity contribution in [3.8, 4) is 5.75 Å². The summed E-state index contributed by atoms with van der Waals surface area (Å²) in [6.45, 7) is 2.14. The summed E-state index contributed by atoms with van der Waals surface area (Å²) in [7, 11) is 0. The minimum atomic E-state index is 0.595. The summed E-state index contributed by atoms with van der Waals surface area (Å²) in [5.74, 6) is 0.796. The average molecular weight is 331 g/mol. The van der Waals surface area contributed by atoms with Crippen LogP contribution in [0.2, 0.25) is 5.02 Å². The number of halogens is 2. The zero-order valence-electron chi connectivity index (χ0n) is 9.66. The fourth-order valence-corrected chi connectivity index (χ4v) is 2.25. The van der Waals surface area contributed by atoms with Gasteiger partial charge >= 0.3 is 0 Å². The van der Waals surface area contributed by atoms with Crippen LogP contribution in [0.3, 0.4) is 0 Å². The topological polar surface area (TPSA) is 34.4 Å². The lowest BCUT2D eigenvalue weighted by atomic mass is 10.3. The molecule has 1 heterocycles. The summed E-state index contributed by atoms with van der Waals surface area (Å²) in [6.07, 6.45) is 3.39. The summed E-state index contributed by atoms with van der Waals surface area (Å²) >= 11 is 9.26. The Kier molecular flexibility index (Phi) is 5.11. The number of hydrogen-bond acceptors (Lipinski definition) is 3. The van der Waals surface area contributed by atoms with E-state index < -0.39 is 0 Å². The zero-order valence-corrected chi connectivity index (χ0v) is 12.0. The lowest BCUT2D eigenvalue weighted by molar-refractivity contribution is 0.312.